The summed E-state index contributed by atoms with van der Waals surface area (Å²) in [6.07, 6.45) is 0.223. The highest BCUT2D eigenvalue weighted by Crippen LogP contribution is 2.12. The van der Waals surface area contributed by atoms with Crippen LogP contribution in [0.2, 0.25) is 5.02 Å². The van der Waals surface area contributed by atoms with Crippen molar-refractivity contribution in [2.24, 2.45) is 0 Å². The Morgan fingerprint density at radius 1 is 1.08 bits per heavy atom. The molecule has 0 saturated carbocycles. The van der Waals surface area contributed by atoms with E-state index < -0.39 is 0 Å². The van der Waals surface area contributed by atoms with Crippen molar-refractivity contribution in [2.75, 3.05) is 39.3 Å². The van der Waals surface area contributed by atoms with Gasteiger partial charge in [-0.1, -0.05) is 11.6 Å². The minimum absolute atomic E-state index is 0. The van der Waals surface area contributed by atoms with Gasteiger partial charge in [-0.3, -0.25) is 9.69 Å². The Morgan fingerprint density at radius 2 is 1.67 bits per heavy atom. The normalized spacial score (nSPS) is 14.3. The van der Waals surface area contributed by atoms with Crippen molar-refractivity contribution in [1.29, 1.82) is 0 Å². The first-order valence-corrected chi connectivity index (χ1v) is 7.90. The number of ketones is 1. The molecule has 136 valence electrons. The van der Waals surface area contributed by atoms with E-state index in [9.17, 15) is 9.59 Å². The van der Waals surface area contributed by atoms with Crippen LogP contribution in [0.1, 0.15) is 23.7 Å². The van der Waals surface area contributed by atoms with Crippen LogP contribution >= 0.6 is 36.4 Å². The summed E-state index contributed by atoms with van der Waals surface area (Å²) < 4.78 is 4.99. The van der Waals surface area contributed by atoms with Crippen molar-refractivity contribution in [2.45, 2.75) is 13.3 Å². The van der Waals surface area contributed by atoms with Crippen LogP contribution in [0.3, 0.4) is 0 Å². The zero-order valence-corrected chi connectivity index (χ0v) is 16.0. The third kappa shape index (κ3) is 6.85. The van der Waals surface area contributed by atoms with Gasteiger partial charge in [0.1, 0.15) is 0 Å². The van der Waals surface area contributed by atoms with E-state index >= 15 is 0 Å². The molecule has 1 amide bonds. The van der Waals surface area contributed by atoms with Crippen LogP contribution in [0.4, 0.5) is 4.79 Å². The zero-order chi connectivity index (χ0) is 15.9. The largest absolute Gasteiger partial charge is 0.450 e. The molecule has 0 N–H and O–H groups in total. The van der Waals surface area contributed by atoms with Crippen molar-refractivity contribution in [3.63, 3.8) is 0 Å². The third-order valence-electron chi connectivity index (χ3n) is 3.72. The van der Waals surface area contributed by atoms with Gasteiger partial charge >= 0.3 is 6.09 Å². The Kier molecular flexibility index (Phi) is 11.0. The maximum Gasteiger partial charge on any atom is 0.409 e. The van der Waals surface area contributed by atoms with Gasteiger partial charge in [-0.2, -0.15) is 0 Å². The Hall–Kier alpha value is -1.01. The van der Waals surface area contributed by atoms with E-state index in [4.69, 9.17) is 16.3 Å². The Labute approximate surface area is 160 Å². The first-order chi connectivity index (χ1) is 10.6. The quantitative estimate of drug-likeness (QED) is 0.713. The standard InChI is InChI=1S/C16H21ClN2O3.2ClH/c1-2-22-16(21)19-11-9-18(10-12-19)8-7-15(20)13-3-5-14(17)6-4-13;;/h3-6H,2,7-12H2,1H3;2*1H. The molecule has 0 aliphatic carbocycles. The average Bonchev–Trinajstić information content (AvgIpc) is 2.54. The maximum atomic E-state index is 12.1. The second-order valence-electron chi connectivity index (χ2n) is 5.21. The van der Waals surface area contributed by atoms with Crippen LogP contribution < -0.4 is 0 Å². The van der Waals surface area contributed by atoms with E-state index in [0.717, 1.165) is 13.1 Å². The molecule has 1 aromatic rings. The molecule has 1 saturated heterocycles. The molecule has 1 aliphatic heterocycles. The summed E-state index contributed by atoms with van der Waals surface area (Å²) in [4.78, 5) is 27.6. The number of piperazine rings is 1. The van der Waals surface area contributed by atoms with E-state index in [-0.39, 0.29) is 36.7 Å². The van der Waals surface area contributed by atoms with Crippen LogP contribution in [0.15, 0.2) is 24.3 Å². The van der Waals surface area contributed by atoms with Crippen LogP contribution in [0.5, 0.6) is 0 Å². The first-order valence-electron chi connectivity index (χ1n) is 7.53. The predicted molar refractivity (Wildman–Crippen MR) is 99.9 cm³/mol. The number of hydrogen-bond donors (Lipinski definition) is 0. The van der Waals surface area contributed by atoms with E-state index in [2.05, 4.69) is 4.90 Å². The molecule has 0 radical (unpaired) electrons. The summed E-state index contributed by atoms with van der Waals surface area (Å²) in [6.45, 7) is 5.74. The lowest BCUT2D eigenvalue weighted by molar-refractivity contribution is 0.0764. The number of ether oxygens (including phenoxy) is 1. The molecule has 0 aromatic heterocycles. The van der Waals surface area contributed by atoms with Gasteiger partial charge in [-0.15, -0.1) is 24.8 Å². The molecule has 1 fully saturated rings. The third-order valence-corrected chi connectivity index (χ3v) is 3.97. The molecule has 1 aromatic carbocycles. The van der Waals surface area contributed by atoms with Crippen molar-refractivity contribution in [3.05, 3.63) is 34.9 Å². The lowest BCUT2D eigenvalue weighted by Crippen LogP contribution is -2.49. The van der Waals surface area contributed by atoms with Crippen LogP contribution in [0, 0.1) is 0 Å². The van der Waals surface area contributed by atoms with Crippen molar-refractivity contribution in [3.8, 4) is 0 Å². The lowest BCUT2D eigenvalue weighted by Gasteiger charge is -2.33. The second kappa shape index (κ2) is 11.5. The van der Waals surface area contributed by atoms with Gasteiger partial charge in [0.2, 0.25) is 0 Å². The molecular weight excluding hydrogens is 375 g/mol. The number of carbonyl (C=O) groups is 2. The number of Topliss-reactive ketones (excluding diaryl/α,β-unsaturated/α-hetero) is 1. The SMILES string of the molecule is CCOC(=O)N1CCN(CCC(=O)c2ccc(Cl)cc2)CC1.Cl.Cl. The Balaban J connectivity index is 0.00000264. The van der Waals surface area contributed by atoms with Gasteiger partial charge in [0.05, 0.1) is 6.61 Å². The van der Waals surface area contributed by atoms with Gasteiger partial charge in [-0.05, 0) is 31.2 Å². The fraction of sp³-hybridized carbons (Fsp3) is 0.500. The van der Waals surface area contributed by atoms with Crippen molar-refractivity contribution < 1.29 is 14.3 Å². The monoisotopic (exact) mass is 396 g/mol. The van der Waals surface area contributed by atoms with Crippen LogP contribution in [0.25, 0.3) is 0 Å². The van der Waals surface area contributed by atoms with E-state index in [1.165, 1.54) is 0 Å². The van der Waals surface area contributed by atoms with Crippen LogP contribution in [-0.2, 0) is 4.74 Å². The van der Waals surface area contributed by atoms with Gasteiger partial charge in [0.15, 0.2) is 5.78 Å². The minimum Gasteiger partial charge on any atom is -0.450 e. The average molecular weight is 398 g/mol. The molecule has 8 heteroatoms. The van der Waals surface area contributed by atoms with Crippen LogP contribution in [-0.4, -0.2) is 61.0 Å². The number of hydrogen-bond acceptors (Lipinski definition) is 4. The topological polar surface area (TPSA) is 49.9 Å². The molecule has 24 heavy (non-hydrogen) atoms. The molecule has 0 unspecified atom stereocenters. The highest BCUT2D eigenvalue weighted by molar-refractivity contribution is 6.30. The number of benzene rings is 1. The smallest absolute Gasteiger partial charge is 0.409 e. The first kappa shape index (κ1) is 23.0. The molecule has 5 nitrogen and oxygen atoms in total. The second-order valence-corrected chi connectivity index (χ2v) is 5.64. The Bertz CT molecular complexity index is 518. The highest BCUT2D eigenvalue weighted by Gasteiger charge is 2.22. The zero-order valence-electron chi connectivity index (χ0n) is 13.6. The molecular formula is C16H23Cl3N2O3. The summed E-state index contributed by atoms with van der Waals surface area (Å²) >= 11 is 5.81. The minimum atomic E-state index is -0.251. The van der Waals surface area contributed by atoms with E-state index in [1.807, 2.05) is 0 Å². The van der Waals surface area contributed by atoms with Gasteiger partial charge in [0.25, 0.3) is 0 Å². The summed E-state index contributed by atoms with van der Waals surface area (Å²) in [5.41, 5.74) is 0.689. The summed E-state index contributed by atoms with van der Waals surface area (Å²) in [6, 6.07) is 6.96. The fourth-order valence-corrected chi connectivity index (χ4v) is 2.53. The molecule has 0 atom stereocenters. The summed E-state index contributed by atoms with van der Waals surface area (Å²) in [7, 11) is 0. The van der Waals surface area contributed by atoms with Gasteiger partial charge < -0.3 is 9.64 Å². The maximum absolute atomic E-state index is 12.1. The fourth-order valence-electron chi connectivity index (χ4n) is 2.41. The summed E-state index contributed by atoms with van der Waals surface area (Å²) in [5, 5.41) is 0.631. The van der Waals surface area contributed by atoms with Crippen molar-refractivity contribution >= 4 is 48.3 Å². The number of carbonyl (C=O) groups excluding carboxylic acids is 2. The molecule has 0 bridgehead atoms. The van der Waals surface area contributed by atoms with E-state index in [1.54, 1.807) is 36.1 Å². The van der Waals surface area contributed by atoms with Gasteiger partial charge in [0, 0.05) is 49.7 Å². The molecule has 1 aliphatic rings. The number of amides is 1. The number of halogens is 3. The number of rotatable bonds is 5. The van der Waals surface area contributed by atoms with E-state index in [0.29, 0.717) is 43.2 Å². The molecule has 1 heterocycles. The predicted octanol–water partition coefficient (Wildman–Crippen LogP) is 3.53. The lowest BCUT2D eigenvalue weighted by atomic mass is 10.1. The molecule has 0 spiro atoms. The number of nitrogens with zero attached hydrogens (tertiary/aromatic N) is 2. The Morgan fingerprint density at radius 3 is 2.21 bits per heavy atom. The van der Waals surface area contributed by atoms with Gasteiger partial charge in [-0.25, -0.2) is 4.79 Å². The highest BCUT2D eigenvalue weighted by atomic mass is 35.5. The van der Waals surface area contributed by atoms with Crippen molar-refractivity contribution in [1.82, 2.24) is 9.80 Å². The summed E-state index contributed by atoms with van der Waals surface area (Å²) in [5.74, 6) is 0.115. The molecule has 2 rings (SSSR count).